The summed E-state index contributed by atoms with van der Waals surface area (Å²) in [7, 11) is 1.80. The predicted molar refractivity (Wildman–Crippen MR) is 49.0 cm³/mol. The van der Waals surface area contributed by atoms with Crippen LogP contribution < -0.4 is 0 Å². The van der Waals surface area contributed by atoms with Crippen LogP contribution in [-0.2, 0) is 9.53 Å². The summed E-state index contributed by atoms with van der Waals surface area (Å²) in [6, 6.07) is 0. The molecule has 0 aliphatic rings. The summed E-state index contributed by atoms with van der Waals surface area (Å²) in [5.41, 5.74) is 0. The van der Waals surface area contributed by atoms with Gasteiger partial charge >= 0.3 is 0 Å². The Morgan fingerprint density at radius 2 is 2.08 bits per heavy atom. The average molecular weight is 173 g/mol. The molecule has 0 bridgehead atoms. The van der Waals surface area contributed by atoms with E-state index in [1.54, 1.807) is 18.9 Å². The minimum Gasteiger partial charge on any atom is -0.379 e. The Balaban J connectivity index is 3.25. The van der Waals surface area contributed by atoms with E-state index >= 15 is 0 Å². The van der Waals surface area contributed by atoms with Gasteiger partial charge in [0.1, 0.15) is 0 Å². The van der Waals surface area contributed by atoms with Crippen molar-refractivity contribution in [3.05, 3.63) is 0 Å². The number of carbonyl (C=O) groups is 1. The monoisotopic (exact) mass is 173 g/mol. The lowest BCUT2D eigenvalue weighted by Gasteiger charge is -2.14. The molecule has 0 aliphatic carbocycles. The largest absolute Gasteiger partial charge is 0.379 e. The van der Waals surface area contributed by atoms with Crippen LogP contribution in [-0.4, -0.2) is 37.1 Å². The Kier molecular flexibility index (Phi) is 5.72. The second kappa shape index (κ2) is 6.00. The quantitative estimate of drug-likeness (QED) is 0.586. The van der Waals surface area contributed by atoms with Gasteiger partial charge in [0.2, 0.25) is 5.91 Å². The van der Waals surface area contributed by atoms with Gasteiger partial charge in [-0.25, -0.2) is 0 Å². The second-order valence-electron chi connectivity index (χ2n) is 3.21. The van der Waals surface area contributed by atoms with Gasteiger partial charge in [0.05, 0.1) is 6.10 Å². The maximum Gasteiger partial charge on any atom is 0.219 e. The van der Waals surface area contributed by atoms with Crippen LogP contribution in [0.4, 0.5) is 0 Å². The predicted octanol–water partition coefficient (Wildman–Crippen LogP) is 1.28. The summed E-state index contributed by atoms with van der Waals surface area (Å²) in [6.07, 6.45) is 1.20. The lowest BCUT2D eigenvalue weighted by molar-refractivity contribution is -0.127. The van der Waals surface area contributed by atoms with Crippen LogP contribution in [0.2, 0.25) is 0 Å². The molecule has 0 heterocycles. The zero-order chi connectivity index (χ0) is 9.56. The van der Waals surface area contributed by atoms with Crippen LogP contribution in [0.15, 0.2) is 0 Å². The van der Waals surface area contributed by atoms with E-state index < -0.39 is 0 Å². The maximum atomic E-state index is 10.8. The molecular weight excluding hydrogens is 154 g/mol. The first-order chi connectivity index (χ1) is 5.54. The van der Waals surface area contributed by atoms with Gasteiger partial charge in [-0.3, -0.25) is 4.79 Å². The topological polar surface area (TPSA) is 29.5 Å². The first kappa shape index (κ1) is 11.4. The van der Waals surface area contributed by atoms with Gasteiger partial charge in [0.15, 0.2) is 0 Å². The van der Waals surface area contributed by atoms with Crippen molar-refractivity contribution >= 4 is 5.91 Å². The number of amides is 1. The van der Waals surface area contributed by atoms with Crippen LogP contribution in [0, 0.1) is 0 Å². The summed E-state index contributed by atoms with van der Waals surface area (Å²) >= 11 is 0. The third kappa shape index (κ3) is 6.16. The first-order valence-electron chi connectivity index (χ1n) is 4.37. The fourth-order valence-corrected chi connectivity index (χ4v) is 0.778. The fourth-order valence-electron chi connectivity index (χ4n) is 0.778. The molecule has 0 saturated carbocycles. The molecule has 0 radical (unpaired) electrons. The van der Waals surface area contributed by atoms with Crippen molar-refractivity contribution in [3.63, 3.8) is 0 Å². The van der Waals surface area contributed by atoms with Gasteiger partial charge in [0.25, 0.3) is 0 Å². The standard InChI is InChI=1S/C9H19NO2/c1-8(2)12-7-5-6-10(4)9(3)11/h8H,5-7H2,1-4H3. The van der Waals surface area contributed by atoms with Crippen molar-refractivity contribution in [2.24, 2.45) is 0 Å². The lowest BCUT2D eigenvalue weighted by Crippen LogP contribution is -2.25. The molecule has 0 spiro atoms. The zero-order valence-electron chi connectivity index (χ0n) is 8.46. The maximum absolute atomic E-state index is 10.8. The summed E-state index contributed by atoms with van der Waals surface area (Å²) in [5, 5.41) is 0. The highest BCUT2D eigenvalue weighted by molar-refractivity contribution is 5.72. The minimum absolute atomic E-state index is 0.111. The zero-order valence-corrected chi connectivity index (χ0v) is 8.46. The van der Waals surface area contributed by atoms with Gasteiger partial charge in [0, 0.05) is 27.1 Å². The molecule has 0 aliphatic heterocycles. The van der Waals surface area contributed by atoms with Crippen LogP contribution >= 0.6 is 0 Å². The smallest absolute Gasteiger partial charge is 0.219 e. The third-order valence-electron chi connectivity index (χ3n) is 1.63. The molecule has 0 N–H and O–H groups in total. The minimum atomic E-state index is 0.111. The highest BCUT2D eigenvalue weighted by atomic mass is 16.5. The van der Waals surface area contributed by atoms with Gasteiger partial charge in [-0.1, -0.05) is 0 Å². The van der Waals surface area contributed by atoms with E-state index in [9.17, 15) is 4.79 Å². The van der Waals surface area contributed by atoms with E-state index in [0.717, 1.165) is 19.6 Å². The molecule has 0 rings (SSSR count). The summed E-state index contributed by atoms with van der Waals surface area (Å²) in [5.74, 6) is 0.111. The Hall–Kier alpha value is -0.570. The van der Waals surface area contributed by atoms with Crippen LogP contribution in [0.25, 0.3) is 0 Å². The molecular formula is C9H19NO2. The summed E-state index contributed by atoms with van der Waals surface area (Å²) in [6.45, 7) is 7.10. The van der Waals surface area contributed by atoms with E-state index in [2.05, 4.69) is 0 Å². The van der Waals surface area contributed by atoms with Crippen molar-refractivity contribution in [2.75, 3.05) is 20.2 Å². The highest BCUT2D eigenvalue weighted by Crippen LogP contribution is 1.92. The van der Waals surface area contributed by atoms with E-state index in [4.69, 9.17) is 4.74 Å². The van der Waals surface area contributed by atoms with Gasteiger partial charge < -0.3 is 9.64 Å². The SMILES string of the molecule is CC(=O)N(C)CCCOC(C)C. The normalized spacial score (nSPS) is 10.4. The van der Waals surface area contributed by atoms with Crippen molar-refractivity contribution in [1.82, 2.24) is 4.90 Å². The number of rotatable bonds is 5. The first-order valence-corrected chi connectivity index (χ1v) is 4.37. The second-order valence-corrected chi connectivity index (χ2v) is 3.21. The van der Waals surface area contributed by atoms with Gasteiger partial charge in [-0.2, -0.15) is 0 Å². The number of hydrogen-bond acceptors (Lipinski definition) is 2. The molecule has 72 valence electrons. The molecule has 0 unspecified atom stereocenters. The third-order valence-corrected chi connectivity index (χ3v) is 1.63. The highest BCUT2D eigenvalue weighted by Gasteiger charge is 2.00. The van der Waals surface area contributed by atoms with Crippen molar-refractivity contribution in [1.29, 1.82) is 0 Å². The molecule has 0 saturated heterocycles. The number of nitrogens with zero attached hydrogens (tertiary/aromatic N) is 1. The van der Waals surface area contributed by atoms with Crippen molar-refractivity contribution in [3.8, 4) is 0 Å². The van der Waals surface area contributed by atoms with Gasteiger partial charge in [-0.05, 0) is 20.3 Å². The molecule has 0 fully saturated rings. The number of carbonyl (C=O) groups excluding carboxylic acids is 1. The molecule has 0 atom stereocenters. The van der Waals surface area contributed by atoms with Crippen molar-refractivity contribution in [2.45, 2.75) is 33.3 Å². The Morgan fingerprint density at radius 3 is 2.50 bits per heavy atom. The van der Waals surface area contributed by atoms with Gasteiger partial charge in [-0.15, -0.1) is 0 Å². The van der Waals surface area contributed by atoms with Crippen LogP contribution in [0.3, 0.4) is 0 Å². The molecule has 1 amide bonds. The molecule has 3 nitrogen and oxygen atoms in total. The molecule has 0 aromatic carbocycles. The van der Waals surface area contributed by atoms with E-state index in [-0.39, 0.29) is 12.0 Å². The molecule has 3 heteroatoms. The average Bonchev–Trinajstić information content (AvgIpc) is 1.97. The Morgan fingerprint density at radius 1 is 1.50 bits per heavy atom. The summed E-state index contributed by atoms with van der Waals surface area (Å²) in [4.78, 5) is 12.5. The van der Waals surface area contributed by atoms with Crippen LogP contribution in [0.5, 0.6) is 0 Å². The number of ether oxygens (including phenoxy) is 1. The van der Waals surface area contributed by atoms with Crippen LogP contribution in [0.1, 0.15) is 27.2 Å². The Labute approximate surface area is 74.7 Å². The molecule has 0 aromatic heterocycles. The number of hydrogen-bond donors (Lipinski definition) is 0. The summed E-state index contributed by atoms with van der Waals surface area (Å²) < 4.78 is 5.33. The van der Waals surface area contributed by atoms with E-state index in [0.29, 0.717) is 0 Å². The Bertz CT molecular complexity index is 134. The fraction of sp³-hybridized carbons (Fsp3) is 0.889. The lowest BCUT2D eigenvalue weighted by atomic mass is 10.4. The van der Waals surface area contributed by atoms with E-state index in [1.165, 1.54) is 0 Å². The molecule has 12 heavy (non-hydrogen) atoms. The molecule has 0 aromatic rings. The van der Waals surface area contributed by atoms with Crippen molar-refractivity contribution < 1.29 is 9.53 Å². The van der Waals surface area contributed by atoms with E-state index in [1.807, 2.05) is 13.8 Å².